The fourth-order valence-corrected chi connectivity index (χ4v) is 2.77. The van der Waals surface area contributed by atoms with Gasteiger partial charge >= 0.3 is 0 Å². The summed E-state index contributed by atoms with van der Waals surface area (Å²) in [6.45, 7) is 8.52. The number of aryl methyl sites for hydroxylation is 2. The SMILES string of the molecule is CCNC(=NCc1ncc(C)s1)NCCc1ccncc1C. The molecule has 0 aliphatic rings. The van der Waals surface area contributed by atoms with E-state index in [1.807, 2.05) is 18.6 Å². The summed E-state index contributed by atoms with van der Waals surface area (Å²) < 4.78 is 0. The van der Waals surface area contributed by atoms with E-state index in [9.17, 15) is 0 Å². The average molecular weight is 317 g/mol. The molecule has 5 nitrogen and oxygen atoms in total. The lowest BCUT2D eigenvalue weighted by Gasteiger charge is -2.11. The quantitative estimate of drug-likeness (QED) is 0.634. The zero-order chi connectivity index (χ0) is 15.8. The largest absolute Gasteiger partial charge is 0.357 e. The zero-order valence-electron chi connectivity index (χ0n) is 13.4. The van der Waals surface area contributed by atoms with Gasteiger partial charge in [-0.2, -0.15) is 0 Å². The van der Waals surface area contributed by atoms with Crippen molar-refractivity contribution in [3.8, 4) is 0 Å². The van der Waals surface area contributed by atoms with Gasteiger partial charge in [-0.1, -0.05) is 0 Å². The molecule has 2 N–H and O–H groups in total. The van der Waals surface area contributed by atoms with Crippen LogP contribution in [0.4, 0.5) is 0 Å². The van der Waals surface area contributed by atoms with E-state index in [0.29, 0.717) is 6.54 Å². The van der Waals surface area contributed by atoms with Crippen LogP contribution in [0.5, 0.6) is 0 Å². The Labute approximate surface area is 135 Å². The Morgan fingerprint density at radius 3 is 2.82 bits per heavy atom. The molecule has 0 atom stereocenters. The van der Waals surface area contributed by atoms with E-state index in [2.05, 4.69) is 52.4 Å². The fourth-order valence-electron chi connectivity index (χ4n) is 2.06. The van der Waals surface area contributed by atoms with Crippen LogP contribution in [0, 0.1) is 13.8 Å². The number of nitrogens with zero attached hydrogens (tertiary/aromatic N) is 3. The van der Waals surface area contributed by atoms with Crippen LogP contribution in [-0.2, 0) is 13.0 Å². The first-order chi connectivity index (χ1) is 10.7. The van der Waals surface area contributed by atoms with Gasteiger partial charge in [0, 0.05) is 36.6 Å². The van der Waals surface area contributed by atoms with Crippen LogP contribution in [-0.4, -0.2) is 29.0 Å². The summed E-state index contributed by atoms with van der Waals surface area (Å²) in [5, 5.41) is 7.67. The molecule has 2 heterocycles. The summed E-state index contributed by atoms with van der Waals surface area (Å²) in [5.41, 5.74) is 2.54. The standard InChI is InChI=1S/C16H23N5S/c1-4-18-16(21-11-15-20-10-13(3)22-15)19-8-6-14-5-7-17-9-12(14)2/h5,7,9-10H,4,6,8,11H2,1-3H3,(H2,18,19,21). The first kappa shape index (κ1) is 16.4. The number of thiazole rings is 1. The number of hydrogen-bond donors (Lipinski definition) is 2. The van der Waals surface area contributed by atoms with Crippen LogP contribution in [0.3, 0.4) is 0 Å². The second-order valence-corrected chi connectivity index (χ2v) is 6.36. The molecule has 2 rings (SSSR count). The maximum atomic E-state index is 4.58. The molecule has 2 aromatic rings. The summed E-state index contributed by atoms with van der Waals surface area (Å²) in [4.78, 5) is 14.3. The van der Waals surface area contributed by atoms with Crippen LogP contribution in [0.15, 0.2) is 29.6 Å². The number of nitrogens with one attached hydrogen (secondary N) is 2. The Morgan fingerprint density at radius 1 is 1.27 bits per heavy atom. The summed E-state index contributed by atoms with van der Waals surface area (Å²) in [6.07, 6.45) is 6.59. The second-order valence-electron chi connectivity index (χ2n) is 5.04. The molecule has 6 heteroatoms. The zero-order valence-corrected chi connectivity index (χ0v) is 14.2. The molecule has 0 fully saturated rings. The Hall–Kier alpha value is -1.95. The molecule has 0 saturated carbocycles. The predicted octanol–water partition coefficient (Wildman–Crippen LogP) is 2.45. The van der Waals surface area contributed by atoms with Crippen molar-refractivity contribution >= 4 is 17.3 Å². The molecule has 0 spiro atoms. The lowest BCUT2D eigenvalue weighted by molar-refractivity contribution is 0.795. The van der Waals surface area contributed by atoms with Gasteiger partial charge in [-0.15, -0.1) is 11.3 Å². The molecule has 0 aliphatic carbocycles. The molecule has 0 radical (unpaired) electrons. The molecule has 0 aliphatic heterocycles. The van der Waals surface area contributed by atoms with Crippen LogP contribution in [0.2, 0.25) is 0 Å². The first-order valence-electron chi connectivity index (χ1n) is 7.52. The minimum Gasteiger partial charge on any atom is -0.357 e. The van der Waals surface area contributed by atoms with Crippen LogP contribution in [0.1, 0.15) is 27.9 Å². The number of pyridine rings is 1. The normalized spacial score (nSPS) is 11.5. The predicted molar refractivity (Wildman–Crippen MR) is 92.3 cm³/mol. The van der Waals surface area contributed by atoms with Crippen molar-refractivity contribution in [1.82, 2.24) is 20.6 Å². The molecular weight excluding hydrogens is 294 g/mol. The smallest absolute Gasteiger partial charge is 0.191 e. The molecule has 0 aromatic carbocycles. The molecule has 22 heavy (non-hydrogen) atoms. The molecular formula is C16H23N5S. The van der Waals surface area contributed by atoms with Gasteiger partial charge in [0.1, 0.15) is 5.01 Å². The molecule has 2 aromatic heterocycles. The molecule has 118 valence electrons. The third-order valence-electron chi connectivity index (χ3n) is 3.21. The summed E-state index contributed by atoms with van der Waals surface area (Å²) in [6, 6.07) is 2.07. The molecule has 0 amide bonds. The van der Waals surface area contributed by atoms with Gasteiger partial charge in [-0.25, -0.2) is 9.98 Å². The van der Waals surface area contributed by atoms with Crippen LogP contribution < -0.4 is 10.6 Å². The van der Waals surface area contributed by atoms with E-state index in [0.717, 1.165) is 30.5 Å². The number of rotatable bonds is 6. The van der Waals surface area contributed by atoms with E-state index in [-0.39, 0.29) is 0 Å². The molecule has 0 unspecified atom stereocenters. The monoisotopic (exact) mass is 317 g/mol. The Bertz CT molecular complexity index is 621. The number of aromatic nitrogens is 2. The van der Waals surface area contributed by atoms with Crippen molar-refractivity contribution in [2.45, 2.75) is 33.7 Å². The molecule has 0 saturated heterocycles. The van der Waals surface area contributed by atoms with Crippen LogP contribution >= 0.6 is 11.3 Å². The van der Waals surface area contributed by atoms with Gasteiger partial charge < -0.3 is 10.6 Å². The highest BCUT2D eigenvalue weighted by atomic mass is 32.1. The molecule has 0 bridgehead atoms. The van der Waals surface area contributed by atoms with Crippen molar-refractivity contribution in [2.24, 2.45) is 4.99 Å². The first-order valence-corrected chi connectivity index (χ1v) is 8.33. The highest BCUT2D eigenvalue weighted by Gasteiger charge is 2.02. The average Bonchev–Trinajstić information content (AvgIpc) is 2.92. The fraction of sp³-hybridized carbons (Fsp3) is 0.438. The minimum atomic E-state index is 0.613. The van der Waals surface area contributed by atoms with Crippen molar-refractivity contribution in [3.63, 3.8) is 0 Å². The third-order valence-corrected chi connectivity index (χ3v) is 4.11. The van der Waals surface area contributed by atoms with E-state index in [4.69, 9.17) is 0 Å². The summed E-state index contributed by atoms with van der Waals surface area (Å²) >= 11 is 1.69. The number of hydrogen-bond acceptors (Lipinski definition) is 4. The minimum absolute atomic E-state index is 0.613. The number of guanidine groups is 1. The second kappa shape index (κ2) is 8.48. The van der Waals surface area contributed by atoms with Crippen LogP contribution in [0.25, 0.3) is 0 Å². The topological polar surface area (TPSA) is 62.2 Å². The lowest BCUT2D eigenvalue weighted by atomic mass is 10.1. The highest BCUT2D eigenvalue weighted by molar-refractivity contribution is 7.11. The van der Waals surface area contributed by atoms with Gasteiger partial charge in [-0.05, 0) is 44.4 Å². The van der Waals surface area contributed by atoms with Gasteiger partial charge in [0.05, 0.1) is 6.54 Å². The van der Waals surface area contributed by atoms with Crippen molar-refractivity contribution < 1.29 is 0 Å². The lowest BCUT2D eigenvalue weighted by Crippen LogP contribution is -2.38. The van der Waals surface area contributed by atoms with E-state index in [1.54, 1.807) is 11.3 Å². The maximum absolute atomic E-state index is 4.58. The highest BCUT2D eigenvalue weighted by Crippen LogP contribution is 2.11. The maximum Gasteiger partial charge on any atom is 0.191 e. The van der Waals surface area contributed by atoms with E-state index >= 15 is 0 Å². The van der Waals surface area contributed by atoms with Gasteiger partial charge in [-0.3, -0.25) is 4.98 Å². The van der Waals surface area contributed by atoms with Gasteiger partial charge in [0.15, 0.2) is 5.96 Å². The van der Waals surface area contributed by atoms with Crippen molar-refractivity contribution in [3.05, 3.63) is 45.7 Å². The number of aliphatic imine (C=N–C) groups is 1. The van der Waals surface area contributed by atoms with Gasteiger partial charge in [0.25, 0.3) is 0 Å². The van der Waals surface area contributed by atoms with Crippen molar-refractivity contribution in [2.75, 3.05) is 13.1 Å². The summed E-state index contributed by atoms with van der Waals surface area (Å²) in [7, 11) is 0. The van der Waals surface area contributed by atoms with Gasteiger partial charge in [0.2, 0.25) is 0 Å². The Morgan fingerprint density at radius 2 is 2.14 bits per heavy atom. The Kier molecular flexibility index (Phi) is 6.33. The summed E-state index contributed by atoms with van der Waals surface area (Å²) in [5.74, 6) is 0.835. The van der Waals surface area contributed by atoms with Crippen molar-refractivity contribution in [1.29, 1.82) is 0 Å². The Balaban J connectivity index is 1.87. The van der Waals surface area contributed by atoms with E-state index in [1.165, 1.54) is 16.0 Å². The van der Waals surface area contributed by atoms with E-state index < -0.39 is 0 Å². The third kappa shape index (κ3) is 5.11.